The zero-order chi connectivity index (χ0) is 30.4. The minimum absolute atomic E-state index is 0.347. The van der Waals surface area contributed by atoms with E-state index in [0.717, 1.165) is 55.8 Å². The van der Waals surface area contributed by atoms with Crippen LogP contribution >= 0.6 is 0 Å². The molecule has 0 saturated carbocycles. The molecule has 5 aromatic carbocycles. The third kappa shape index (κ3) is 6.17. The lowest BCUT2D eigenvalue weighted by Gasteiger charge is -2.19. The molecular weight excluding hydrogens is 548 g/mol. The fourth-order valence-electron chi connectivity index (χ4n) is 5.53. The van der Waals surface area contributed by atoms with Crippen LogP contribution in [0.3, 0.4) is 0 Å². The quantitative estimate of drug-likeness (QED) is 0.146. The molecule has 7 rings (SSSR count). The summed E-state index contributed by atoms with van der Waals surface area (Å²) in [6.07, 6.45) is 7.62. The molecule has 0 atom stereocenters. The minimum atomic E-state index is 0.347. The Balaban J connectivity index is 1.24. The van der Waals surface area contributed by atoms with Gasteiger partial charge in [-0.15, -0.1) is 0 Å². The van der Waals surface area contributed by atoms with Gasteiger partial charge < -0.3 is 0 Å². The Kier molecular flexibility index (Phi) is 7.76. The average Bonchev–Trinajstić information content (AvgIpc) is 3.12. The summed E-state index contributed by atoms with van der Waals surface area (Å²) < 4.78 is 0. The van der Waals surface area contributed by atoms with Crippen molar-refractivity contribution in [1.82, 2.24) is 4.98 Å². The molecule has 0 saturated heterocycles. The van der Waals surface area contributed by atoms with E-state index in [9.17, 15) is 0 Å². The fraction of sp³-hybridized carbons (Fsp3) is 0. The van der Waals surface area contributed by atoms with E-state index in [1.54, 1.807) is 12.4 Å². The van der Waals surface area contributed by atoms with Gasteiger partial charge in [0.15, 0.2) is 0 Å². The van der Waals surface area contributed by atoms with Crippen LogP contribution < -0.4 is 5.43 Å². The Hall–Kier alpha value is -6.13. The first-order valence-corrected chi connectivity index (χ1v) is 14.9. The number of hydrogen-bond acceptors (Lipinski definition) is 4. The van der Waals surface area contributed by atoms with Crippen LogP contribution in [-0.4, -0.2) is 16.4 Å². The van der Waals surface area contributed by atoms with Gasteiger partial charge in [-0.25, -0.2) is 0 Å². The second-order valence-electron chi connectivity index (χ2n) is 10.8. The van der Waals surface area contributed by atoms with E-state index in [1.165, 1.54) is 5.56 Å². The Labute approximate surface area is 263 Å². The lowest BCUT2D eigenvalue weighted by Crippen LogP contribution is -2.19. The first-order chi connectivity index (χ1) is 22.2. The van der Waals surface area contributed by atoms with Gasteiger partial charge in [0.05, 0.1) is 11.4 Å². The Morgan fingerprint density at radius 1 is 0.467 bits per heavy atom. The van der Waals surface area contributed by atoms with Crippen LogP contribution in [0.1, 0.15) is 11.1 Å². The number of aromatic nitrogens is 1. The van der Waals surface area contributed by atoms with Crippen molar-refractivity contribution < 1.29 is 0 Å². The molecule has 0 spiro atoms. The van der Waals surface area contributed by atoms with Gasteiger partial charge in [-0.2, -0.15) is 5.10 Å². The number of hydrogen-bond donors (Lipinski definition) is 2. The van der Waals surface area contributed by atoms with Gasteiger partial charge in [0.2, 0.25) is 0 Å². The number of hydrazone groups is 1. The van der Waals surface area contributed by atoms with Gasteiger partial charge in [0.1, 0.15) is 5.71 Å². The zero-order valence-corrected chi connectivity index (χ0v) is 24.6. The first kappa shape index (κ1) is 27.7. The van der Waals surface area contributed by atoms with Crippen molar-refractivity contribution in [3.63, 3.8) is 0 Å². The standard InChI is InChI=1S/C41H30N4/c42-40-28-37(33-16-14-31(15-17-33)29-8-3-1-4-9-29)27-39(35-20-18-32(19-21-35)30-10-5-2-6-11-30)41(40)45-44-38-13-7-12-36(26-38)34-22-24-43-25-23-34/h1-28,42,44H/b42-40?,45-41-. The van der Waals surface area contributed by atoms with E-state index < -0.39 is 0 Å². The lowest BCUT2D eigenvalue weighted by molar-refractivity contribution is 1.32. The molecule has 1 heterocycles. The third-order valence-corrected chi connectivity index (χ3v) is 7.91. The summed E-state index contributed by atoms with van der Waals surface area (Å²) >= 11 is 0. The van der Waals surface area contributed by atoms with Gasteiger partial charge in [0.25, 0.3) is 0 Å². The summed E-state index contributed by atoms with van der Waals surface area (Å²) in [5, 5.41) is 13.9. The minimum Gasteiger partial charge on any atom is -0.299 e. The maximum Gasteiger partial charge on any atom is 0.116 e. The normalized spacial score (nSPS) is 13.7. The summed E-state index contributed by atoms with van der Waals surface area (Å²) in [7, 11) is 0. The molecule has 1 aliphatic rings. The van der Waals surface area contributed by atoms with Crippen LogP contribution in [0.5, 0.6) is 0 Å². The average molecular weight is 579 g/mol. The second-order valence-corrected chi connectivity index (χ2v) is 10.8. The monoisotopic (exact) mass is 578 g/mol. The van der Waals surface area contributed by atoms with Gasteiger partial charge in [-0.05, 0) is 86.5 Å². The second kappa shape index (κ2) is 12.6. The van der Waals surface area contributed by atoms with Gasteiger partial charge >= 0.3 is 0 Å². The Bertz CT molecular complexity index is 2040. The number of nitrogens with zero attached hydrogens (tertiary/aromatic N) is 2. The molecule has 0 unspecified atom stereocenters. The Morgan fingerprint density at radius 2 is 0.978 bits per heavy atom. The number of rotatable bonds is 7. The van der Waals surface area contributed by atoms with Crippen molar-refractivity contribution in [2.24, 2.45) is 5.10 Å². The maximum atomic E-state index is 9.11. The van der Waals surface area contributed by atoms with Crippen molar-refractivity contribution >= 4 is 28.3 Å². The van der Waals surface area contributed by atoms with Crippen LogP contribution in [0.2, 0.25) is 0 Å². The van der Waals surface area contributed by atoms with Gasteiger partial charge in [0, 0.05) is 18.0 Å². The SMILES string of the molecule is N=C1C=C(c2ccc(-c3ccccc3)cc2)C=C(c2ccc(-c3ccccc3)cc2)/C1=N/Nc1cccc(-c2ccncc2)c1. The summed E-state index contributed by atoms with van der Waals surface area (Å²) in [4.78, 5) is 4.13. The predicted octanol–water partition coefficient (Wildman–Crippen LogP) is 10.1. The molecule has 45 heavy (non-hydrogen) atoms. The number of allylic oxidation sites excluding steroid dienone is 4. The molecule has 4 heteroatoms. The van der Waals surface area contributed by atoms with Crippen LogP contribution in [0.25, 0.3) is 44.5 Å². The smallest absolute Gasteiger partial charge is 0.116 e. The van der Waals surface area contributed by atoms with E-state index in [4.69, 9.17) is 10.5 Å². The van der Waals surface area contributed by atoms with Crippen LogP contribution in [-0.2, 0) is 0 Å². The molecule has 0 bridgehead atoms. The number of benzene rings is 5. The van der Waals surface area contributed by atoms with E-state index in [1.807, 2.05) is 42.5 Å². The molecule has 214 valence electrons. The highest BCUT2D eigenvalue weighted by Gasteiger charge is 2.21. The molecule has 0 amide bonds. The third-order valence-electron chi connectivity index (χ3n) is 7.91. The fourth-order valence-corrected chi connectivity index (χ4v) is 5.53. The van der Waals surface area contributed by atoms with Crippen LogP contribution in [0, 0.1) is 5.41 Å². The highest BCUT2D eigenvalue weighted by molar-refractivity contribution is 6.62. The summed E-state index contributed by atoms with van der Waals surface area (Å²) in [5.41, 5.74) is 15.7. The van der Waals surface area contributed by atoms with Crippen molar-refractivity contribution in [3.8, 4) is 33.4 Å². The number of pyridine rings is 1. The highest BCUT2D eigenvalue weighted by atomic mass is 15.3. The number of nitrogens with one attached hydrogen (secondary N) is 2. The van der Waals surface area contributed by atoms with E-state index >= 15 is 0 Å². The van der Waals surface area contributed by atoms with Crippen LogP contribution in [0.4, 0.5) is 5.69 Å². The van der Waals surface area contributed by atoms with E-state index in [0.29, 0.717) is 11.4 Å². The maximum absolute atomic E-state index is 9.11. The molecular formula is C41H30N4. The highest BCUT2D eigenvalue weighted by Crippen LogP contribution is 2.32. The molecule has 0 aliphatic heterocycles. The summed E-state index contributed by atoms with van der Waals surface area (Å²) in [5.74, 6) is 0. The topological polar surface area (TPSA) is 61.1 Å². The van der Waals surface area contributed by atoms with E-state index in [2.05, 4.69) is 126 Å². The molecule has 6 aromatic rings. The van der Waals surface area contributed by atoms with Gasteiger partial charge in [-0.1, -0.05) is 121 Å². The zero-order valence-electron chi connectivity index (χ0n) is 24.6. The lowest BCUT2D eigenvalue weighted by atomic mass is 9.87. The molecule has 1 aliphatic carbocycles. The van der Waals surface area contributed by atoms with Crippen molar-refractivity contribution in [3.05, 3.63) is 181 Å². The first-order valence-electron chi connectivity index (χ1n) is 14.9. The molecule has 2 N–H and O–H groups in total. The van der Waals surface area contributed by atoms with Crippen molar-refractivity contribution in [2.45, 2.75) is 0 Å². The largest absolute Gasteiger partial charge is 0.299 e. The number of anilines is 1. The van der Waals surface area contributed by atoms with E-state index in [-0.39, 0.29) is 0 Å². The predicted molar refractivity (Wildman–Crippen MR) is 188 cm³/mol. The molecule has 1 aromatic heterocycles. The summed E-state index contributed by atoms with van der Waals surface area (Å²) in [6, 6.07) is 49.8. The molecule has 0 radical (unpaired) electrons. The summed E-state index contributed by atoms with van der Waals surface area (Å²) in [6.45, 7) is 0. The Morgan fingerprint density at radius 3 is 1.60 bits per heavy atom. The van der Waals surface area contributed by atoms with Crippen molar-refractivity contribution in [2.75, 3.05) is 5.43 Å². The van der Waals surface area contributed by atoms with Crippen molar-refractivity contribution in [1.29, 1.82) is 5.41 Å². The molecule has 4 nitrogen and oxygen atoms in total. The molecule has 0 fully saturated rings. The van der Waals surface area contributed by atoms with Gasteiger partial charge in [-0.3, -0.25) is 15.8 Å². The van der Waals surface area contributed by atoms with Crippen LogP contribution in [0.15, 0.2) is 175 Å².